The van der Waals surface area contributed by atoms with Gasteiger partial charge in [0.1, 0.15) is 5.60 Å². The van der Waals surface area contributed by atoms with E-state index in [-0.39, 0.29) is 17.7 Å². The van der Waals surface area contributed by atoms with Crippen molar-refractivity contribution in [1.29, 1.82) is 0 Å². The van der Waals surface area contributed by atoms with Crippen LogP contribution in [-0.4, -0.2) is 53.0 Å². The third kappa shape index (κ3) is 3.83. The Kier molecular flexibility index (Phi) is 4.06. The van der Waals surface area contributed by atoms with Gasteiger partial charge in [-0.2, -0.15) is 0 Å². The van der Waals surface area contributed by atoms with Crippen molar-refractivity contribution in [1.82, 2.24) is 10.2 Å². The summed E-state index contributed by atoms with van der Waals surface area (Å²) in [6.07, 6.45) is 2.99. The Balaban J connectivity index is 1.87. The molecule has 2 heterocycles. The molecule has 0 aromatic carbocycles. The molecule has 0 aliphatic carbocycles. The van der Waals surface area contributed by atoms with Gasteiger partial charge in [0.25, 0.3) is 0 Å². The van der Waals surface area contributed by atoms with Crippen molar-refractivity contribution in [3.05, 3.63) is 0 Å². The van der Waals surface area contributed by atoms with Gasteiger partial charge in [-0.05, 0) is 53.0 Å². The molecule has 110 valence electrons. The van der Waals surface area contributed by atoms with Crippen molar-refractivity contribution in [2.24, 2.45) is 0 Å². The van der Waals surface area contributed by atoms with E-state index >= 15 is 0 Å². The van der Waals surface area contributed by atoms with Crippen LogP contribution in [0.5, 0.6) is 0 Å². The molecule has 19 heavy (non-hydrogen) atoms. The summed E-state index contributed by atoms with van der Waals surface area (Å²) in [6, 6.07) is 0. The van der Waals surface area contributed by atoms with Gasteiger partial charge in [0.05, 0.1) is 6.10 Å². The molecule has 2 fully saturated rings. The standard InChI is InChI=1S/C14H26N2O3/c1-13(2,3)19-12(18)16-8-5-14(6-9-16)10-11(17)4-7-15-14/h11,15,17H,4-10H2,1-3H3. The number of rotatable bonds is 0. The van der Waals surface area contributed by atoms with E-state index in [1.807, 2.05) is 20.8 Å². The van der Waals surface area contributed by atoms with Crippen molar-refractivity contribution in [2.75, 3.05) is 19.6 Å². The normalized spacial score (nSPS) is 27.4. The fourth-order valence-corrected chi connectivity index (χ4v) is 2.95. The van der Waals surface area contributed by atoms with E-state index in [9.17, 15) is 9.90 Å². The van der Waals surface area contributed by atoms with Crippen LogP contribution in [0.15, 0.2) is 0 Å². The van der Waals surface area contributed by atoms with E-state index in [0.717, 1.165) is 32.2 Å². The van der Waals surface area contributed by atoms with Crippen LogP contribution < -0.4 is 5.32 Å². The van der Waals surface area contributed by atoms with Crippen molar-refractivity contribution >= 4 is 6.09 Å². The summed E-state index contributed by atoms with van der Waals surface area (Å²) in [5, 5.41) is 13.3. The average Bonchev–Trinajstić information content (AvgIpc) is 2.27. The number of ether oxygens (including phenoxy) is 1. The van der Waals surface area contributed by atoms with Gasteiger partial charge >= 0.3 is 6.09 Å². The number of aliphatic hydroxyl groups excluding tert-OH is 1. The predicted octanol–water partition coefficient (Wildman–Crippen LogP) is 1.50. The highest BCUT2D eigenvalue weighted by molar-refractivity contribution is 5.68. The Morgan fingerprint density at radius 3 is 2.53 bits per heavy atom. The molecular weight excluding hydrogens is 244 g/mol. The Hall–Kier alpha value is -0.810. The minimum absolute atomic E-state index is 0.0240. The van der Waals surface area contributed by atoms with Gasteiger partial charge in [-0.3, -0.25) is 0 Å². The Morgan fingerprint density at radius 2 is 2.00 bits per heavy atom. The molecule has 2 aliphatic rings. The fourth-order valence-electron chi connectivity index (χ4n) is 2.95. The highest BCUT2D eigenvalue weighted by Gasteiger charge is 2.39. The quantitative estimate of drug-likeness (QED) is 0.700. The Labute approximate surface area is 115 Å². The topological polar surface area (TPSA) is 61.8 Å². The number of hydrogen-bond acceptors (Lipinski definition) is 4. The molecule has 0 radical (unpaired) electrons. The summed E-state index contributed by atoms with van der Waals surface area (Å²) >= 11 is 0. The summed E-state index contributed by atoms with van der Waals surface area (Å²) in [7, 11) is 0. The molecule has 1 unspecified atom stereocenters. The van der Waals surface area contributed by atoms with Gasteiger partial charge in [-0.1, -0.05) is 0 Å². The molecule has 0 saturated carbocycles. The third-order valence-corrected chi connectivity index (χ3v) is 3.98. The van der Waals surface area contributed by atoms with E-state index in [4.69, 9.17) is 4.74 Å². The first kappa shape index (κ1) is 14.6. The second kappa shape index (κ2) is 5.29. The monoisotopic (exact) mass is 270 g/mol. The summed E-state index contributed by atoms with van der Waals surface area (Å²) in [6.45, 7) is 7.93. The van der Waals surface area contributed by atoms with Gasteiger partial charge in [-0.25, -0.2) is 4.79 Å². The average molecular weight is 270 g/mol. The van der Waals surface area contributed by atoms with Crippen LogP contribution in [0, 0.1) is 0 Å². The lowest BCUT2D eigenvalue weighted by Crippen LogP contribution is -2.59. The van der Waals surface area contributed by atoms with Gasteiger partial charge in [0.15, 0.2) is 0 Å². The minimum Gasteiger partial charge on any atom is -0.444 e. The number of carbonyl (C=O) groups is 1. The summed E-state index contributed by atoms with van der Waals surface area (Å²) in [5.74, 6) is 0. The first-order valence-corrected chi connectivity index (χ1v) is 7.21. The molecule has 0 aromatic rings. The van der Waals surface area contributed by atoms with Crippen molar-refractivity contribution < 1.29 is 14.6 Å². The summed E-state index contributed by atoms with van der Waals surface area (Å²) < 4.78 is 5.39. The third-order valence-electron chi connectivity index (χ3n) is 3.98. The van der Waals surface area contributed by atoms with Crippen LogP contribution in [0.2, 0.25) is 0 Å². The molecule has 2 aliphatic heterocycles. The maximum Gasteiger partial charge on any atom is 0.410 e. The Bertz CT molecular complexity index is 330. The van der Waals surface area contributed by atoms with E-state index in [1.54, 1.807) is 4.90 Å². The summed E-state index contributed by atoms with van der Waals surface area (Å²) in [4.78, 5) is 13.8. The van der Waals surface area contributed by atoms with Crippen molar-refractivity contribution in [3.63, 3.8) is 0 Å². The first-order valence-electron chi connectivity index (χ1n) is 7.21. The predicted molar refractivity (Wildman–Crippen MR) is 73.0 cm³/mol. The highest BCUT2D eigenvalue weighted by Crippen LogP contribution is 2.31. The van der Waals surface area contributed by atoms with Crippen LogP contribution in [0.3, 0.4) is 0 Å². The number of aliphatic hydroxyl groups is 1. The van der Waals surface area contributed by atoms with Crippen molar-refractivity contribution in [3.8, 4) is 0 Å². The Morgan fingerprint density at radius 1 is 1.37 bits per heavy atom. The number of carbonyl (C=O) groups excluding carboxylic acids is 1. The lowest BCUT2D eigenvalue weighted by Gasteiger charge is -2.46. The molecule has 0 bridgehead atoms. The van der Waals surface area contributed by atoms with Crippen LogP contribution >= 0.6 is 0 Å². The smallest absolute Gasteiger partial charge is 0.410 e. The van der Waals surface area contributed by atoms with Crippen LogP contribution in [0.1, 0.15) is 46.5 Å². The summed E-state index contributed by atoms with van der Waals surface area (Å²) in [5.41, 5.74) is -0.415. The van der Waals surface area contributed by atoms with Gasteiger partial charge in [-0.15, -0.1) is 0 Å². The molecule has 1 amide bonds. The van der Waals surface area contributed by atoms with Crippen molar-refractivity contribution in [2.45, 2.75) is 63.7 Å². The molecule has 2 rings (SSSR count). The number of nitrogens with zero attached hydrogens (tertiary/aromatic N) is 1. The number of piperidine rings is 2. The molecule has 5 nitrogen and oxygen atoms in total. The SMILES string of the molecule is CC(C)(C)OC(=O)N1CCC2(CC1)CC(O)CCN2. The minimum atomic E-state index is -0.439. The maximum absolute atomic E-state index is 12.0. The lowest BCUT2D eigenvalue weighted by atomic mass is 9.79. The van der Waals surface area contributed by atoms with Gasteiger partial charge in [0, 0.05) is 18.6 Å². The van der Waals surface area contributed by atoms with Crippen LogP contribution in [0.4, 0.5) is 4.79 Å². The molecule has 2 N–H and O–H groups in total. The zero-order valence-corrected chi connectivity index (χ0v) is 12.2. The van der Waals surface area contributed by atoms with E-state index in [2.05, 4.69) is 5.32 Å². The maximum atomic E-state index is 12.0. The molecule has 1 atom stereocenters. The van der Waals surface area contributed by atoms with Gasteiger partial charge in [0.2, 0.25) is 0 Å². The largest absolute Gasteiger partial charge is 0.444 e. The number of hydrogen-bond donors (Lipinski definition) is 2. The highest BCUT2D eigenvalue weighted by atomic mass is 16.6. The molecule has 2 saturated heterocycles. The molecule has 1 spiro atoms. The number of amides is 1. The first-order chi connectivity index (χ1) is 8.80. The molecule has 5 heteroatoms. The van der Waals surface area contributed by atoms with E-state index < -0.39 is 5.60 Å². The fraction of sp³-hybridized carbons (Fsp3) is 0.929. The lowest BCUT2D eigenvalue weighted by molar-refractivity contribution is 0.00358. The van der Waals surface area contributed by atoms with Gasteiger partial charge < -0.3 is 20.1 Å². The molecule has 0 aromatic heterocycles. The molecular formula is C14H26N2O3. The zero-order chi connectivity index (χ0) is 14.1. The van der Waals surface area contributed by atoms with E-state index in [1.165, 1.54) is 0 Å². The number of nitrogens with one attached hydrogen (secondary N) is 1. The number of likely N-dealkylation sites (tertiary alicyclic amines) is 1. The second-order valence-electron chi connectivity index (χ2n) is 6.82. The zero-order valence-electron chi connectivity index (χ0n) is 12.2. The second-order valence-corrected chi connectivity index (χ2v) is 6.82. The van der Waals surface area contributed by atoms with Crippen LogP contribution in [0.25, 0.3) is 0 Å². The van der Waals surface area contributed by atoms with E-state index in [0.29, 0.717) is 13.1 Å². The van der Waals surface area contributed by atoms with Crippen LogP contribution in [-0.2, 0) is 4.74 Å².